The average Bonchev–Trinajstić information content (AvgIpc) is 2.89. The van der Waals surface area contributed by atoms with E-state index in [-0.39, 0.29) is 17.8 Å². The first-order chi connectivity index (χ1) is 10.5. The van der Waals surface area contributed by atoms with Gasteiger partial charge in [-0.3, -0.25) is 4.79 Å². The Hall–Kier alpha value is -2.17. The highest BCUT2D eigenvalue weighted by atomic mass is 19.1. The van der Waals surface area contributed by atoms with E-state index in [1.54, 1.807) is 24.0 Å². The van der Waals surface area contributed by atoms with Crippen LogP contribution in [0.1, 0.15) is 54.2 Å². The Morgan fingerprint density at radius 1 is 1.32 bits per heavy atom. The summed E-state index contributed by atoms with van der Waals surface area (Å²) in [7, 11) is 0. The molecule has 0 unspecified atom stereocenters. The second-order valence-electron chi connectivity index (χ2n) is 5.23. The molecule has 1 atom stereocenters. The molecule has 0 aliphatic rings. The lowest BCUT2D eigenvalue weighted by Gasteiger charge is -2.28. The van der Waals surface area contributed by atoms with Gasteiger partial charge in [-0.2, -0.15) is 0 Å². The van der Waals surface area contributed by atoms with Crippen molar-refractivity contribution in [2.24, 2.45) is 0 Å². The minimum Gasteiger partial charge on any atom is -0.361 e. The zero-order chi connectivity index (χ0) is 16.3. The van der Waals surface area contributed by atoms with Crippen LogP contribution >= 0.6 is 0 Å². The van der Waals surface area contributed by atoms with Crippen LogP contribution in [0.15, 0.2) is 28.8 Å². The van der Waals surface area contributed by atoms with Gasteiger partial charge in [-0.05, 0) is 44.9 Å². The zero-order valence-corrected chi connectivity index (χ0v) is 13.4. The summed E-state index contributed by atoms with van der Waals surface area (Å²) in [5.41, 5.74) is 2.11. The smallest absolute Gasteiger partial charge is 0.259 e. The normalized spacial score (nSPS) is 12.2. The van der Waals surface area contributed by atoms with Gasteiger partial charge < -0.3 is 9.42 Å². The molecule has 5 heteroatoms. The Kier molecular flexibility index (Phi) is 4.96. The molecule has 0 saturated carbocycles. The van der Waals surface area contributed by atoms with Gasteiger partial charge >= 0.3 is 0 Å². The minimum atomic E-state index is -0.284. The van der Waals surface area contributed by atoms with Crippen LogP contribution in [0.3, 0.4) is 0 Å². The lowest BCUT2D eigenvalue weighted by Crippen LogP contribution is -2.34. The average molecular weight is 304 g/mol. The van der Waals surface area contributed by atoms with Crippen molar-refractivity contribution in [3.63, 3.8) is 0 Å². The van der Waals surface area contributed by atoms with Gasteiger partial charge in [-0.1, -0.05) is 24.2 Å². The first-order valence-corrected chi connectivity index (χ1v) is 7.51. The molecule has 2 rings (SSSR count). The van der Waals surface area contributed by atoms with Crippen LogP contribution in [0.2, 0.25) is 0 Å². The number of rotatable bonds is 5. The Morgan fingerprint density at radius 3 is 2.50 bits per heavy atom. The Morgan fingerprint density at radius 2 is 1.95 bits per heavy atom. The van der Waals surface area contributed by atoms with Gasteiger partial charge in [0.25, 0.3) is 5.91 Å². The second-order valence-corrected chi connectivity index (χ2v) is 5.23. The molecule has 0 radical (unpaired) electrons. The van der Waals surface area contributed by atoms with E-state index >= 15 is 0 Å². The lowest BCUT2D eigenvalue weighted by atomic mass is 10.0. The van der Waals surface area contributed by atoms with E-state index in [1.807, 2.05) is 20.8 Å². The van der Waals surface area contributed by atoms with Gasteiger partial charge in [0.05, 0.1) is 11.7 Å². The van der Waals surface area contributed by atoms with Crippen molar-refractivity contribution in [1.82, 2.24) is 10.1 Å². The maximum Gasteiger partial charge on any atom is 0.259 e. The van der Waals surface area contributed by atoms with Crippen LogP contribution in [0, 0.1) is 12.7 Å². The van der Waals surface area contributed by atoms with Gasteiger partial charge in [-0.25, -0.2) is 4.39 Å². The SMILES string of the molecule is CCc1noc(C)c1C(=O)N(CC)[C@@H](C)c1ccc(F)cc1. The maximum absolute atomic E-state index is 13.1. The summed E-state index contributed by atoms with van der Waals surface area (Å²) in [5.74, 6) is 0.148. The van der Waals surface area contributed by atoms with Gasteiger partial charge in [0.15, 0.2) is 0 Å². The summed E-state index contributed by atoms with van der Waals surface area (Å²) in [4.78, 5) is 14.6. The topological polar surface area (TPSA) is 46.3 Å². The van der Waals surface area contributed by atoms with Crippen molar-refractivity contribution in [1.29, 1.82) is 0 Å². The van der Waals surface area contributed by atoms with E-state index in [2.05, 4.69) is 5.16 Å². The van der Waals surface area contributed by atoms with Crippen LogP contribution in [-0.2, 0) is 6.42 Å². The predicted octanol–water partition coefficient (Wildman–Crippen LogP) is 3.91. The van der Waals surface area contributed by atoms with Crippen molar-refractivity contribution in [3.05, 3.63) is 52.7 Å². The highest BCUT2D eigenvalue weighted by Crippen LogP contribution is 2.25. The molecule has 4 nitrogen and oxygen atoms in total. The van der Waals surface area contributed by atoms with E-state index in [4.69, 9.17) is 4.52 Å². The molecule has 2 aromatic rings. The zero-order valence-electron chi connectivity index (χ0n) is 13.4. The van der Waals surface area contributed by atoms with Crippen LogP contribution in [0.4, 0.5) is 4.39 Å². The Balaban J connectivity index is 2.32. The highest BCUT2D eigenvalue weighted by molar-refractivity contribution is 5.96. The molecule has 22 heavy (non-hydrogen) atoms. The van der Waals surface area contributed by atoms with Crippen LogP contribution in [-0.4, -0.2) is 22.5 Å². The summed E-state index contributed by atoms with van der Waals surface area (Å²) in [6, 6.07) is 6.07. The number of nitrogens with zero attached hydrogens (tertiary/aromatic N) is 2. The number of benzene rings is 1. The van der Waals surface area contributed by atoms with Crippen molar-refractivity contribution in [2.75, 3.05) is 6.54 Å². The number of hydrogen-bond donors (Lipinski definition) is 0. The van der Waals surface area contributed by atoms with Gasteiger partial charge in [0.1, 0.15) is 17.1 Å². The second kappa shape index (κ2) is 6.73. The van der Waals surface area contributed by atoms with Crippen molar-refractivity contribution in [2.45, 2.75) is 40.2 Å². The number of aromatic nitrogens is 1. The quantitative estimate of drug-likeness (QED) is 0.841. The van der Waals surface area contributed by atoms with E-state index in [1.165, 1.54) is 12.1 Å². The number of amides is 1. The molecule has 0 aliphatic carbocycles. The molecule has 0 aliphatic heterocycles. The minimum absolute atomic E-state index is 0.102. The number of aryl methyl sites for hydroxylation is 2. The first-order valence-electron chi connectivity index (χ1n) is 7.51. The van der Waals surface area contributed by atoms with E-state index in [0.29, 0.717) is 30.0 Å². The maximum atomic E-state index is 13.1. The summed E-state index contributed by atoms with van der Waals surface area (Å²) in [5, 5.41) is 3.94. The molecule has 1 amide bonds. The first kappa shape index (κ1) is 16.2. The predicted molar refractivity (Wildman–Crippen MR) is 82.1 cm³/mol. The molecular weight excluding hydrogens is 283 g/mol. The number of halogens is 1. The molecule has 0 spiro atoms. The standard InChI is InChI=1S/C17H21FN2O2/c1-5-15-16(12(4)22-19-15)17(21)20(6-2)11(3)13-7-9-14(18)10-8-13/h7-11H,5-6H2,1-4H3/t11-/m0/s1. The molecule has 118 valence electrons. The fourth-order valence-electron chi connectivity index (χ4n) is 2.59. The summed E-state index contributed by atoms with van der Waals surface area (Å²) >= 11 is 0. The van der Waals surface area contributed by atoms with Crippen molar-refractivity contribution >= 4 is 5.91 Å². The number of hydrogen-bond acceptors (Lipinski definition) is 3. The van der Waals surface area contributed by atoms with E-state index < -0.39 is 0 Å². The summed E-state index contributed by atoms with van der Waals surface area (Å²) in [6.45, 7) is 8.09. The van der Waals surface area contributed by atoms with E-state index in [9.17, 15) is 9.18 Å². The third-order valence-corrected chi connectivity index (χ3v) is 3.90. The number of carbonyl (C=O) groups excluding carboxylic acids is 1. The molecule has 0 N–H and O–H groups in total. The van der Waals surface area contributed by atoms with Gasteiger partial charge in [-0.15, -0.1) is 0 Å². The van der Waals surface area contributed by atoms with Crippen LogP contribution < -0.4 is 0 Å². The summed E-state index contributed by atoms with van der Waals surface area (Å²) in [6.07, 6.45) is 0.640. The Bertz CT molecular complexity index is 649. The molecular formula is C17H21FN2O2. The Labute approximate surface area is 129 Å². The molecule has 0 bridgehead atoms. The van der Waals surface area contributed by atoms with Crippen molar-refractivity contribution < 1.29 is 13.7 Å². The molecule has 1 aromatic carbocycles. The highest BCUT2D eigenvalue weighted by Gasteiger charge is 2.27. The molecule has 0 fully saturated rings. The fourth-order valence-corrected chi connectivity index (χ4v) is 2.59. The van der Waals surface area contributed by atoms with Gasteiger partial charge in [0, 0.05) is 6.54 Å². The fraction of sp³-hybridized carbons (Fsp3) is 0.412. The number of carbonyl (C=O) groups is 1. The van der Waals surface area contributed by atoms with E-state index in [0.717, 1.165) is 5.56 Å². The third-order valence-electron chi connectivity index (χ3n) is 3.90. The third kappa shape index (κ3) is 3.03. The monoisotopic (exact) mass is 304 g/mol. The van der Waals surface area contributed by atoms with Crippen molar-refractivity contribution in [3.8, 4) is 0 Å². The largest absolute Gasteiger partial charge is 0.361 e. The van der Waals surface area contributed by atoms with Gasteiger partial charge in [0.2, 0.25) is 0 Å². The van der Waals surface area contributed by atoms with Crippen LogP contribution in [0.25, 0.3) is 0 Å². The lowest BCUT2D eigenvalue weighted by molar-refractivity contribution is 0.0699. The molecule has 0 saturated heterocycles. The molecule has 1 aromatic heterocycles. The summed E-state index contributed by atoms with van der Waals surface area (Å²) < 4.78 is 18.2. The molecule has 1 heterocycles. The van der Waals surface area contributed by atoms with Crippen LogP contribution in [0.5, 0.6) is 0 Å².